The van der Waals surface area contributed by atoms with Gasteiger partial charge in [-0.1, -0.05) is 24.6 Å². The van der Waals surface area contributed by atoms with Crippen LogP contribution >= 0.6 is 0 Å². The first kappa shape index (κ1) is 13.6. The zero-order chi connectivity index (χ0) is 13.8. The van der Waals surface area contributed by atoms with Gasteiger partial charge in [0, 0.05) is 5.56 Å². The topological polar surface area (TPSA) is 64.9 Å². The van der Waals surface area contributed by atoms with Crippen LogP contribution in [-0.2, 0) is 6.42 Å². The third-order valence-corrected chi connectivity index (χ3v) is 2.80. The molecule has 1 aromatic carbocycles. The first-order chi connectivity index (χ1) is 9.11. The number of halogens is 2. The predicted molar refractivity (Wildman–Crippen MR) is 65.3 cm³/mol. The van der Waals surface area contributed by atoms with Crippen molar-refractivity contribution < 1.29 is 13.3 Å². The minimum atomic E-state index is -0.627. The maximum atomic E-state index is 13.5. The third-order valence-electron chi connectivity index (χ3n) is 2.80. The maximum Gasteiger partial charge on any atom is 0.231 e. The molecule has 0 amide bonds. The highest BCUT2D eigenvalue weighted by Crippen LogP contribution is 2.18. The van der Waals surface area contributed by atoms with Gasteiger partial charge in [-0.3, -0.25) is 0 Å². The van der Waals surface area contributed by atoms with Gasteiger partial charge in [0.05, 0.1) is 12.5 Å². The van der Waals surface area contributed by atoms with Crippen LogP contribution in [0.4, 0.5) is 8.78 Å². The minimum absolute atomic E-state index is 0.0790. The van der Waals surface area contributed by atoms with Crippen LogP contribution in [0, 0.1) is 11.6 Å². The van der Waals surface area contributed by atoms with Gasteiger partial charge in [-0.05, 0) is 18.6 Å². The molecular formula is C13H15F2N3O. The number of aromatic nitrogens is 2. The van der Waals surface area contributed by atoms with Crippen molar-refractivity contribution in [2.75, 3.05) is 0 Å². The Labute approximate surface area is 109 Å². The van der Waals surface area contributed by atoms with Crippen LogP contribution in [0.2, 0.25) is 0 Å². The van der Waals surface area contributed by atoms with E-state index in [0.717, 1.165) is 12.8 Å². The van der Waals surface area contributed by atoms with Crippen molar-refractivity contribution in [3.63, 3.8) is 0 Å². The van der Waals surface area contributed by atoms with E-state index in [0.29, 0.717) is 5.82 Å². The Kier molecular flexibility index (Phi) is 4.21. The number of nitrogens with two attached hydrogens (primary N) is 1. The second-order valence-electron chi connectivity index (χ2n) is 4.32. The van der Waals surface area contributed by atoms with Crippen LogP contribution in [-0.4, -0.2) is 10.1 Å². The summed E-state index contributed by atoms with van der Waals surface area (Å²) in [5.41, 5.74) is 5.76. The second-order valence-corrected chi connectivity index (χ2v) is 4.32. The summed E-state index contributed by atoms with van der Waals surface area (Å²) in [6, 6.07) is 3.38. The number of rotatable bonds is 5. The van der Waals surface area contributed by atoms with Crippen LogP contribution in [0.5, 0.6) is 0 Å². The molecule has 0 bridgehead atoms. The first-order valence-corrected chi connectivity index (χ1v) is 6.12. The van der Waals surface area contributed by atoms with Gasteiger partial charge in [-0.25, -0.2) is 8.78 Å². The highest BCUT2D eigenvalue weighted by Gasteiger charge is 2.16. The van der Waals surface area contributed by atoms with Crippen LogP contribution in [0.3, 0.4) is 0 Å². The maximum absolute atomic E-state index is 13.5. The monoisotopic (exact) mass is 267 g/mol. The molecule has 0 saturated carbocycles. The van der Waals surface area contributed by atoms with Crippen molar-refractivity contribution in [3.05, 3.63) is 47.1 Å². The van der Waals surface area contributed by atoms with Crippen molar-refractivity contribution in [1.82, 2.24) is 10.1 Å². The summed E-state index contributed by atoms with van der Waals surface area (Å²) in [5, 5.41) is 3.73. The summed E-state index contributed by atoms with van der Waals surface area (Å²) in [6.07, 6.45) is 1.55. The van der Waals surface area contributed by atoms with Crippen molar-refractivity contribution in [1.29, 1.82) is 0 Å². The quantitative estimate of drug-likeness (QED) is 0.904. The molecule has 1 atom stereocenters. The summed E-state index contributed by atoms with van der Waals surface area (Å²) in [7, 11) is 0. The van der Waals surface area contributed by atoms with Gasteiger partial charge in [0.25, 0.3) is 0 Å². The van der Waals surface area contributed by atoms with E-state index in [-0.39, 0.29) is 23.9 Å². The molecule has 102 valence electrons. The first-order valence-electron chi connectivity index (χ1n) is 6.12. The molecule has 1 heterocycles. The molecule has 1 aromatic heterocycles. The van der Waals surface area contributed by atoms with Gasteiger partial charge in [0.15, 0.2) is 5.82 Å². The predicted octanol–water partition coefficient (Wildman–Crippen LogP) is 2.74. The van der Waals surface area contributed by atoms with Crippen molar-refractivity contribution in [2.24, 2.45) is 5.73 Å². The molecule has 1 unspecified atom stereocenters. The molecule has 6 heteroatoms. The fourth-order valence-electron chi connectivity index (χ4n) is 1.78. The third kappa shape index (κ3) is 3.14. The Balaban J connectivity index is 2.16. The molecule has 0 radical (unpaired) electrons. The molecule has 0 aliphatic heterocycles. The summed E-state index contributed by atoms with van der Waals surface area (Å²) in [5.74, 6) is -0.727. The largest absolute Gasteiger partial charge is 0.339 e. The molecule has 2 aromatic rings. The lowest BCUT2D eigenvalue weighted by Gasteiger charge is -2.02. The van der Waals surface area contributed by atoms with E-state index < -0.39 is 11.6 Å². The normalized spacial score (nSPS) is 12.6. The lowest BCUT2D eigenvalue weighted by Crippen LogP contribution is -2.11. The SMILES string of the molecule is CCCC(N)c1noc(Cc2c(F)cccc2F)n1. The molecule has 4 nitrogen and oxygen atoms in total. The van der Waals surface area contributed by atoms with Gasteiger partial charge in [-0.15, -0.1) is 0 Å². The second kappa shape index (κ2) is 5.88. The molecule has 0 saturated heterocycles. The van der Waals surface area contributed by atoms with Crippen molar-refractivity contribution in [3.8, 4) is 0 Å². The summed E-state index contributed by atoms with van der Waals surface area (Å²) in [4.78, 5) is 4.07. The molecule has 0 spiro atoms. The average Bonchev–Trinajstić information content (AvgIpc) is 2.83. The zero-order valence-electron chi connectivity index (χ0n) is 10.6. The zero-order valence-corrected chi connectivity index (χ0v) is 10.6. The average molecular weight is 267 g/mol. The van der Waals surface area contributed by atoms with E-state index in [4.69, 9.17) is 10.3 Å². The van der Waals surface area contributed by atoms with Gasteiger partial charge in [0.1, 0.15) is 11.6 Å². The number of hydrogen-bond donors (Lipinski definition) is 1. The Hall–Kier alpha value is -1.82. The van der Waals surface area contributed by atoms with Crippen LogP contribution in [0.1, 0.15) is 43.1 Å². The Morgan fingerprint density at radius 1 is 1.32 bits per heavy atom. The highest BCUT2D eigenvalue weighted by molar-refractivity contribution is 5.22. The van der Waals surface area contributed by atoms with E-state index in [2.05, 4.69) is 10.1 Å². The Morgan fingerprint density at radius 3 is 2.63 bits per heavy atom. The minimum Gasteiger partial charge on any atom is -0.339 e. The van der Waals surface area contributed by atoms with Crippen molar-refractivity contribution >= 4 is 0 Å². The van der Waals surface area contributed by atoms with Gasteiger partial charge in [-0.2, -0.15) is 4.98 Å². The smallest absolute Gasteiger partial charge is 0.231 e. The lowest BCUT2D eigenvalue weighted by atomic mass is 10.1. The molecule has 19 heavy (non-hydrogen) atoms. The fourth-order valence-corrected chi connectivity index (χ4v) is 1.78. The fraction of sp³-hybridized carbons (Fsp3) is 0.385. The number of hydrogen-bond acceptors (Lipinski definition) is 4. The van der Waals surface area contributed by atoms with Crippen LogP contribution < -0.4 is 5.73 Å². The van der Waals surface area contributed by atoms with Crippen molar-refractivity contribution in [2.45, 2.75) is 32.2 Å². The Bertz CT molecular complexity index is 536. The molecule has 0 aliphatic carbocycles. The molecule has 2 N–H and O–H groups in total. The Morgan fingerprint density at radius 2 is 2.00 bits per heavy atom. The van der Waals surface area contributed by atoms with Gasteiger partial charge in [0.2, 0.25) is 5.89 Å². The summed E-state index contributed by atoms with van der Waals surface area (Å²) in [6.45, 7) is 2.00. The van der Waals surface area contributed by atoms with E-state index in [1.54, 1.807) is 0 Å². The summed E-state index contributed by atoms with van der Waals surface area (Å²) < 4.78 is 31.9. The number of benzene rings is 1. The molecule has 2 rings (SSSR count). The highest BCUT2D eigenvalue weighted by atomic mass is 19.1. The van der Waals surface area contributed by atoms with Gasteiger partial charge < -0.3 is 10.3 Å². The summed E-state index contributed by atoms with van der Waals surface area (Å²) >= 11 is 0. The lowest BCUT2D eigenvalue weighted by molar-refractivity contribution is 0.371. The van der Waals surface area contributed by atoms with E-state index in [1.807, 2.05) is 6.92 Å². The van der Waals surface area contributed by atoms with Gasteiger partial charge >= 0.3 is 0 Å². The molecular weight excluding hydrogens is 252 g/mol. The molecule has 0 aliphatic rings. The van der Waals surface area contributed by atoms with Crippen LogP contribution in [0.15, 0.2) is 22.7 Å². The van der Waals surface area contributed by atoms with E-state index in [9.17, 15) is 8.78 Å². The number of nitrogens with zero attached hydrogens (tertiary/aromatic N) is 2. The van der Waals surface area contributed by atoms with E-state index >= 15 is 0 Å². The van der Waals surface area contributed by atoms with Crippen LogP contribution in [0.25, 0.3) is 0 Å². The standard InChI is InChI=1S/C13H15F2N3O/c1-2-4-11(16)13-17-12(19-18-13)7-8-9(14)5-3-6-10(8)15/h3,5-6,11H,2,4,7,16H2,1H3. The molecule has 0 fully saturated rings. The van der Waals surface area contributed by atoms with E-state index in [1.165, 1.54) is 18.2 Å².